The van der Waals surface area contributed by atoms with Gasteiger partial charge in [-0.05, 0) is 246 Å². The first-order valence-electron chi connectivity index (χ1n) is 39.3. The van der Waals surface area contributed by atoms with Crippen molar-refractivity contribution in [2.45, 2.75) is 258 Å². The Kier molecular flexibility index (Phi) is 34.0. The lowest BCUT2D eigenvalue weighted by atomic mass is 9.88. The first kappa shape index (κ1) is 95.4. The van der Waals surface area contributed by atoms with Crippen LogP contribution in [-0.4, -0.2) is 252 Å². The van der Waals surface area contributed by atoms with E-state index in [2.05, 4.69) is 20.7 Å². The molecule has 3 amide bonds. The molecule has 0 radical (unpaired) electrons. The van der Waals surface area contributed by atoms with Gasteiger partial charge in [0, 0.05) is 96.9 Å². The molecule has 4 heterocycles. The van der Waals surface area contributed by atoms with Crippen molar-refractivity contribution in [3.63, 3.8) is 0 Å². The molecule has 0 unspecified atom stereocenters. The molecular formula is C80H126N10O21S3. The molecule has 5 N–H and O–H groups in total. The molecule has 3 aliphatic heterocycles. The summed E-state index contributed by atoms with van der Waals surface area (Å²) in [6, 6.07) is 3.57. The molecule has 31 nitrogen and oxygen atoms in total. The average Bonchev–Trinajstić information content (AvgIpc) is 0.731. The smallest absolute Gasteiger partial charge is 0.326 e. The molecule has 1 saturated heterocycles. The van der Waals surface area contributed by atoms with Gasteiger partial charge in [0.2, 0.25) is 27.7 Å². The number of amides is 3. The number of hydrogen-bond donors (Lipinski definition) is 5. The van der Waals surface area contributed by atoms with Crippen LogP contribution in [0.1, 0.15) is 199 Å². The van der Waals surface area contributed by atoms with E-state index in [0.717, 1.165) is 28.9 Å². The number of pyridine rings is 1. The monoisotopic (exact) mass is 1660 g/mol. The van der Waals surface area contributed by atoms with Crippen LogP contribution in [0, 0.1) is 34.6 Å². The number of anilines is 1. The number of esters is 4. The predicted octanol–water partition coefficient (Wildman–Crippen LogP) is 6.63. The van der Waals surface area contributed by atoms with Crippen LogP contribution in [0.15, 0.2) is 34.1 Å². The molecular weight excluding hydrogens is 1530 g/mol. The Hall–Kier alpha value is -7.44. The molecule has 0 bridgehead atoms. The minimum atomic E-state index is -4.82. The van der Waals surface area contributed by atoms with Crippen molar-refractivity contribution in [3.8, 4) is 11.5 Å². The minimum Gasteiger partial charge on any atom is -0.494 e. The molecule has 2 atom stereocenters. The van der Waals surface area contributed by atoms with Crippen molar-refractivity contribution in [2.75, 3.05) is 115 Å². The Labute approximate surface area is 675 Å². The third-order valence-electron chi connectivity index (χ3n) is 19.0. The number of fused-ring (bicyclic) bond motifs is 2. The van der Waals surface area contributed by atoms with E-state index in [9.17, 15) is 68.2 Å². The first-order chi connectivity index (χ1) is 52.7. The summed E-state index contributed by atoms with van der Waals surface area (Å²) in [5.74, 6) is -4.42. The van der Waals surface area contributed by atoms with Crippen LogP contribution in [0.2, 0.25) is 0 Å². The second-order valence-corrected chi connectivity index (χ2v) is 39.5. The lowest BCUT2D eigenvalue weighted by molar-refractivity contribution is -0.158. The molecule has 34 heteroatoms. The van der Waals surface area contributed by atoms with E-state index >= 15 is 0 Å². The summed E-state index contributed by atoms with van der Waals surface area (Å²) in [5.41, 5.74) is 1.35. The zero-order valence-corrected chi connectivity index (χ0v) is 72.9. The van der Waals surface area contributed by atoms with Crippen molar-refractivity contribution in [1.29, 1.82) is 0 Å². The zero-order valence-electron chi connectivity index (χ0n) is 70.5. The summed E-state index contributed by atoms with van der Waals surface area (Å²) in [6.45, 7) is 34.4. The van der Waals surface area contributed by atoms with Crippen molar-refractivity contribution in [1.82, 2.24) is 45.3 Å². The molecule has 0 saturated carbocycles. The number of nitrogens with zero attached hydrogens (tertiary/aromatic N) is 6. The van der Waals surface area contributed by atoms with Gasteiger partial charge in [-0.15, -0.1) is 0 Å². The van der Waals surface area contributed by atoms with Crippen molar-refractivity contribution >= 4 is 83.4 Å². The molecule has 3 aliphatic rings. The number of aryl methyl sites for hydroxylation is 4. The number of rotatable bonds is 34. The van der Waals surface area contributed by atoms with Crippen LogP contribution in [0.4, 0.5) is 5.82 Å². The van der Waals surface area contributed by atoms with E-state index in [4.69, 9.17) is 33.4 Å². The molecule has 2 aromatic carbocycles. The number of Topliss-reactive ketones (excluding diaryl/α,β-unsaturated/α-hetero) is 1. The Bertz CT molecular complexity index is 4210. The highest BCUT2D eigenvalue weighted by molar-refractivity contribution is 7.93. The third-order valence-corrected chi connectivity index (χ3v) is 23.6. The van der Waals surface area contributed by atoms with Gasteiger partial charge in [0.1, 0.15) is 63.2 Å². The second kappa shape index (κ2) is 40.6. The van der Waals surface area contributed by atoms with Gasteiger partial charge in [-0.1, -0.05) is 6.07 Å². The largest absolute Gasteiger partial charge is 0.494 e. The van der Waals surface area contributed by atoms with E-state index in [1.807, 2.05) is 61.5 Å². The summed E-state index contributed by atoms with van der Waals surface area (Å²) in [6.07, 6.45) is 4.01. The predicted molar refractivity (Wildman–Crippen MR) is 431 cm³/mol. The fourth-order valence-corrected chi connectivity index (χ4v) is 18.0. The number of unbranched alkanes of at least 4 members (excludes halogenated alkanes) is 1. The van der Waals surface area contributed by atoms with Crippen LogP contribution in [-0.2, 0) is 107 Å². The standard InChI is InChI=1S/C80H126N10O21S3/c1-53-45-60(46-54(2)72(53)113(102,103)85-62(75(98)111-79(15,16)17)47-82-66(93)28-21-20-26-59-31-30-58-25-23-35-90(74(58)83-59)114(104,105)73-56(4)55(3)71-61(57(73)5)32-33-80(18,19)110-71)106-44-24-29-65(92)81-34-22-27-64(91)63(52-112(99,100)101)84-67(94)48-86-36-38-87(49-68(95)107-76(6,7)8)40-42-89(51-70(97)109-78(12,13)14)43-41-88(39-37-86)50-69(96)108-77(9,10)11/h30-31,45-46,62-63,85H,20-29,32-44,47-52H2,1-19H3,(H,81,92)(H,82,93)(H,84,94)(H,99,100,101)/t62-,63-/m0/s1. The SMILES string of the molecule is Cc1cc(OCCCC(=O)NCCCC(=O)[C@H](CS(=O)(=O)O)NC(=O)CN2CCN(CC(=O)OC(C)(C)C)CCN(CC(=O)OC(C)(C)C)CCN(CC(=O)OC(C)(C)C)CC2)cc(C)c1S(=O)(=O)N[C@@H](CNC(=O)CCCCc1ccc2c(n1)N(S(=O)(=O)c1c(C)c(C)c3c(c1C)CCC(C)(C)O3)CCC2)C(=O)OC(C)(C)C. The van der Waals surface area contributed by atoms with E-state index in [1.54, 1.807) is 102 Å². The van der Waals surface area contributed by atoms with Crippen molar-refractivity contribution < 1.29 is 96.6 Å². The molecule has 640 valence electrons. The molecule has 6 rings (SSSR count). The molecule has 1 fully saturated rings. The summed E-state index contributed by atoms with van der Waals surface area (Å²) in [5, 5.41) is 7.88. The van der Waals surface area contributed by atoms with E-state index in [1.165, 1.54) is 16.4 Å². The topological polar surface area (TPSA) is 392 Å². The fourth-order valence-electron chi connectivity index (χ4n) is 13.7. The van der Waals surface area contributed by atoms with Gasteiger partial charge in [0.15, 0.2) is 5.78 Å². The Morgan fingerprint density at radius 2 is 1.07 bits per heavy atom. The van der Waals surface area contributed by atoms with Crippen LogP contribution in [0.3, 0.4) is 0 Å². The molecule has 1 aromatic heterocycles. The third kappa shape index (κ3) is 31.5. The quantitative estimate of drug-likeness (QED) is 0.0181. The van der Waals surface area contributed by atoms with Gasteiger partial charge in [-0.2, -0.15) is 13.1 Å². The van der Waals surface area contributed by atoms with E-state index in [-0.39, 0.29) is 150 Å². The normalized spacial score (nSPS) is 16.6. The van der Waals surface area contributed by atoms with Crippen LogP contribution in [0.5, 0.6) is 11.5 Å². The lowest BCUT2D eigenvalue weighted by Gasteiger charge is -2.36. The van der Waals surface area contributed by atoms with Gasteiger partial charge >= 0.3 is 23.9 Å². The van der Waals surface area contributed by atoms with Crippen LogP contribution >= 0.6 is 0 Å². The zero-order chi connectivity index (χ0) is 85.3. The Morgan fingerprint density at radius 3 is 1.58 bits per heavy atom. The molecule has 0 spiro atoms. The molecule has 114 heavy (non-hydrogen) atoms. The fraction of sp³-hybridized carbons (Fsp3) is 0.688. The number of nitrogens with one attached hydrogen (secondary N) is 4. The number of hydrogen-bond acceptors (Lipinski definition) is 25. The maximum absolute atomic E-state index is 14.8. The maximum Gasteiger partial charge on any atom is 0.326 e. The first-order valence-corrected chi connectivity index (χ1v) is 43.9. The summed E-state index contributed by atoms with van der Waals surface area (Å²) < 4.78 is 131. The summed E-state index contributed by atoms with van der Waals surface area (Å²) in [4.78, 5) is 120. The number of carbonyl (C=O) groups excluding carboxylic acids is 8. The highest BCUT2D eigenvalue weighted by Gasteiger charge is 2.39. The highest BCUT2D eigenvalue weighted by Crippen LogP contribution is 2.44. The van der Waals surface area contributed by atoms with Gasteiger partial charge in [-0.25, -0.2) is 26.1 Å². The number of benzene rings is 2. The second-order valence-electron chi connectivity index (χ2n) is 34.5. The lowest BCUT2D eigenvalue weighted by Crippen LogP contribution is -2.52. The van der Waals surface area contributed by atoms with Crippen LogP contribution < -0.4 is 34.5 Å². The van der Waals surface area contributed by atoms with Crippen molar-refractivity contribution in [3.05, 3.63) is 68.9 Å². The summed E-state index contributed by atoms with van der Waals surface area (Å²) in [7, 11) is -13.3. The number of sulfonamides is 2. The number of carbonyl (C=O) groups is 8. The Morgan fingerprint density at radius 1 is 0.570 bits per heavy atom. The van der Waals surface area contributed by atoms with Gasteiger partial charge < -0.3 is 44.4 Å². The van der Waals surface area contributed by atoms with Crippen molar-refractivity contribution in [2.24, 2.45) is 0 Å². The van der Waals surface area contributed by atoms with Gasteiger partial charge in [-0.3, -0.25) is 62.5 Å². The van der Waals surface area contributed by atoms with Crippen LogP contribution in [0.25, 0.3) is 0 Å². The molecule has 3 aromatic rings. The molecule has 0 aliphatic carbocycles. The van der Waals surface area contributed by atoms with Gasteiger partial charge in [0.25, 0.3) is 20.1 Å². The maximum atomic E-state index is 14.8. The van der Waals surface area contributed by atoms with Gasteiger partial charge in [0.05, 0.1) is 42.6 Å². The average molecular weight is 1660 g/mol. The van der Waals surface area contributed by atoms with E-state index < -0.39 is 124 Å². The number of ether oxygens (including phenoxy) is 6. The highest BCUT2D eigenvalue weighted by atomic mass is 32.2. The van der Waals surface area contributed by atoms with E-state index in [0.29, 0.717) is 74.3 Å². The number of ketones is 1. The Balaban J connectivity index is 0.990. The number of aromatic nitrogens is 1. The summed E-state index contributed by atoms with van der Waals surface area (Å²) >= 11 is 0. The minimum absolute atomic E-state index is 0.0188.